The summed E-state index contributed by atoms with van der Waals surface area (Å²) in [7, 11) is 0. The molecule has 1 aliphatic heterocycles. The third kappa shape index (κ3) is 2.80. The van der Waals surface area contributed by atoms with Crippen LogP contribution in [0.15, 0.2) is 52.0 Å². The number of hydrogen-bond acceptors (Lipinski definition) is 4. The lowest BCUT2D eigenvalue weighted by Gasteiger charge is -2.14. The SMILES string of the molecule is CCc1ccc(N2C(=O)/C(=C/c3ccco3)SC2=S)cc1. The fourth-order valence-corrected chi connectivity index (χ4v) is 3.35. The van der Waals surface area contributed by atoms with Crippen molar-refractivity contribution in [1.82, 2.24) is 0 Å². The van der Waals surface area contributed by atoms with Gasteiger partial charge in [0.15, 0.2) is 4.32 Å². The molecule has 1 amide bonds. The largest absolute Gasteiger partial charge is 0.465 e. The van der Waals surface area contributed by atoms with Gasteiger partial charge in [0.05, 0.1) is 16.9 Å². The Labute approximate surface area is 132 Å². The third-order valence-electron chi connectivity index (χ3n) is 3.21. The van der Waals surface area contributed by atoms with Crippen LogP contribution in [0.4, 0.5) is 5.69 Å². The minimum atomic E-state index is -0.106. The molecule has 2 aromatic rings. The highest BCUT2D eigenvalue weighted by atomic mass is 32.2. The van der Waals surface area contributed by atoms with E-state index in [-0.39, 0.29) is 5.91 Å². The van der Waals surface area contributed by atoms with Crippen LogP contribution in [0.2, 0.25) is 0 Å². The molecule has 0 radical (unpaired) electrons. The van der Waals surface area contributed by atoms with Crippen molar-refractivity contribution in [2.24, 2.45) is 0 Å². The molecule has 1 aromatic heterocycles. The van der Waals surface area contributed by atoms with E-state index in [0.717, 1.165) is 12.1 Å². The van der Waals surface area contributed by atoms with Gasteiger partial charge in [0.25, 0.3) is 5.91 Å². The number of thioether (sulfide) groups is 1. The van der Waals surface area contributed by atoms with Crippen molar-refractivity contribution in [3.05, 3.63) is 58.9 Å². The van der Waals surface area contributed by atoms with Gasteiger partial charge in [0, 0.05) is 6.08 Å². The molecule has 2 heterocycles. The van der Waals surface area contributed by atoms with Crippen molar-refractivity contribution in [3.8, 4) is 0 Å². The van der Waals surface area contributed by atoms with Gasteiger partial charge in [-0.3, -0.25) is 9.69 Å². The van der Waals surface area contributed by atoms with Crippen LogP contribution in [0.25, 0.3) is 6.08 Å². The number of hydrogen-bond donors (Lipinski definition) is 0. The van der Waals surface area contributed by atoms with E-state index in [1.165, 1.54) is 17.3 Å². The number of carbonyl (C=O) groups is 1. The topological polar surface area (TPSA) is 33.5 Å². The molecular weight excluding hydrogens is 302 g/mol. The normalized spacial score (nSPS) is 17.0. The van der Waals surface area contributed by atoms with Crippen molar-refractivity contribution >= 4 is 46.0 Å². The second-order valence-corrected chi connectivity index (χ2v) is 6.23. The van der Waals surface area contributed by atoms with Gasteiger partial charge >= 0.3 is 0 Å². The first-order valence-corrected chi connectivity index (χ1v) is 7.82. The molecule has 0 aliphatic carbocycles. The van der Waals surface area contributed by atoms with Crippen LogP contribution < -0.4 is 4.90 Å². The number of thiocarbonyl (C=S) groups is 1. The number of furan rings is 1. The zero-order chi connectivity index (χ0) is 14.8. The number of amides is 1. The first kappa shape index (κ1) is 14.1. The minimum Gasteiger partial charge on any atom is -0.465 e. The molecular formula is C16H13NO2S2. The Morgan fingerprint density at radius 2 is 2.05 bits per heavy atom. The fourth-order valence-electron chi connectivity index (χ4n) is 2.07. The molecule has 3 rings (SSSR count). The Hall–Kier alpha value is -1.85. The lowest BCUT2D eigenvalue weighted by atomic mass is 10.1. The highest BCUT2D eigenvalue weighted by Gasteiger charge is 2.33. The van der Waals surface area contributed by atoms with E-state index in [2.05, 4.69) is 6.92 Å². The van der Waals surface area contributed by atoms with Crippen molar-refractivity contribution in [2.75, 3.05) is 4.90 Å². The molecule has 0 N–H and O–H groups in total. The number of rotatable bonds is 3. The number of carbonyl (C=O) groups excluding carboxylic acids is 1. The second kappa shape index (κ2) is 5.87. The molecule has 0 unspecified atom stereocenters. The van der Waals surface area contributed by atoms with Gasteiger partial charge in [-0.05, 0) is 36.2 Å². The molecule has 1 aromatic carbocycles. The smallest absolute Gasteiger partial charge is 0.270 e. The molecule has 3 nitrogen and oxygen atoms in total. The van der Waals surface area contributed by atoms with Crippen LogP contribution in [-0.4, -0.2) is 10.2 Å². The van der Waals surface area contributed by atoms with Crippen LogP contribution in [-0.2, 0) is 11.2 Å². The molecule has 0 saturated carbocycles. The molecule has 106 valence electrons. The summed E-state index contributed by atoms with van der Waals surface area (Å²) in [6.45, 7) is 2.10. The van der Waals surface area contributed by atoms with Gasteiger partial charge in [-0.25, -0.2) is 0 Å². The first-order valence-electron chi connectivity index (χ1n) is 6.59. The zero-order valence-electron chi connectivity index (χ0n) is 11.4. The van der Waals surface area contributed by atoms with E-state index >= 15 is 0 Å². The quantitative estimate of drug-likeness (QED) is 0.626. The van der Waals surface area contributed by atoms with E-state index in [0.29, 0.717) is 15.0 Å². The van der Waals surface area contributed by atoms with Gasteiger partial charge in [0.1, 0.15) is 5.76 Å². The summed E-state index contributed by atoms with van der Waals surface area (Å²) in [6, 6.07) is 11.5. The van der Waals surface area contributed by atoms with Gasteiger partial charge < -0.3 is 4.42 Å². The Kier molecular flexibility index (Phi) is 3.94. The standard InChI is InChI=1S/C16H13NO2S2/c1-2-11-5-7-12(8-6-11)17-15(18)14(21-16(17)20)10-13-4-3-9-19-13/h3-10H,2H2,1H3/b14-10-. The highest BCUT2D eigenvalue weighted by Crippen LogP contribution is 2.36. The van der Waals surface area contributed by atoms with Crippen molar-refractivity contribution in [2.45, 2.75) is 13.3 Å². The molecule has 5 heteroatoms. The van der Waals surface area contributed by atoms with Crippen LogP contribution >= 0.6 is 24.0 Å². The Morgan fingerprint density at radius 1 is 1.29 bits per heavy atom. The summed E-state index contributed by atoms with van der Waals surface area (Å²) in [5.74, 6) is 0.544. The van der Waals surface area contributed by atoms with Gasteiger partial charge in [-0.1, -0.05) is 43.0 Å². The molecule has 1 fully saturated rings. The van der Waals surface area contributed by atoms with Gasteiger partial charge in [-0.15, -0.1) is 0 Å². The lowest BCUT2D eigenvalue weighted by Crippen LogP contribution is -2.27. The summed E-state index contributed by atoms with van der Waals surface area (Å²) in [6.07, 6.45) is 4.27. The average Bonchev–Trinajstić information content (AvgIpc) is 3.09. The van der Waals surface area contributed by atoms with Crippen LogP contribution in [0.5, 0.6) is 0 Å². The Balaban J connectivity index is 1.90. The Bertz CT molecular complexity index is 702. The highest BCUT2D eigenvalue weighted by molar-refractivity contribution is 8.27. The maximum Gasteiger partial charge on any atom is 0.270 e. The van der Waals surface area contributed by atoms with Gasteiger partial charge in [0.2, 0.25) is 0 Å². The van der Waals surface area contributed by atoms with Crippen LogP contribution in [0, 0.1) is 0 Å². The number of anilines is 1. The predicted octanol–water partition coefficient (Wildman–Crippen LogP) is 4.25. The lowest BCUT2D eigenvalue weighted by molar-refractivity contribution is -0.113. The molecule has 0 spiro atoms. The molecule has 0 atom stereocenters. The van der Waals surface area contributed by atoms with E-state index in [4.69, 9.17) is 16.6 Å². The molecule has 1 saturated heterocycles. The first-order chi connectivity index (χ1) is 10.2. The molecule has 21 heavy (non-hydrogen) atoms. The number of benzene rings is 1. The maximum absolute atomic E-state index is 12.5. The van der Waals surface area contributed by atoms with E-state index in [9.17, 15) is 4.79 Å². The summed E-state index contributed by atoms with van der Waals surface area (Å²) < 4.78 is 5.79. The summed E-state index contributed by atoms with van der Waals surface area (Å²) in [5, 5.41) is 0. The summed E-state index contributed by atoms with van der Waals surface area (Å²) in [5.41, 5.74) is 2.04. The van der Waals surface area contributed by atoms with Crippen molar-refractivity contribution < 1.29 is 9.21 Å². The maximum atomic E-state index is 12.5. The average molecular weight is 315 g/mol. The zero-order valence-corrected chi connectivity index (χ0v) is 13.0. The predicted molar refractivity (Wildman–Crippen MR) is 90.2 cm³/mol. The van der Waals surface area contributed by atoms with Crippen molar-refractivity contribution in [1.29, 1.82) is 0 Å². The number of nitrogens with zero attached hydrogens (tertiary/aromatic N) is 1. The minimum absolute atomic E-state index is 0.106. The van der Waals surface area contributed by atoms with E-state index in [1.807, 2.05) is 30.3 Å². The van der Waals surface area contributed by atoms with Crippen LogP contribution in [0.3, 0.4) is 0 Å². The van der Waals surface area contributed by atoms with Gasteiger partial charge in [-0.2, -0.15) is 0 Å². The second-order valence-electron chi connectivity index (χ2n) is 4.55. The number of aryl methyl sites for hydroxylation is 1. The summed E-state index contributed by atoms with van der Waals surface area (Å²) in [4.78, 5) is 14.6. The van der Waals surface area contributed by atoms with Crippen LogP contribution in [0.1, 0.15) is 18.2 Å². The monoisotopic (exact) mass is 315 g/mol. The third-order valence-corrected chi connectivity index (χ3v) is 4.52. The molecule has 1 aliphatic rings. The Morgan fingerprint density at radius 3 is 2.67 bits per heavy atom. The summed E-state index contributed by atoms with van der Waals surface area (Å²) >= 11 is 6.62. The van der Waals surface area contributed by atoms with E-state index < -0.39 is 0 Å². The molecule has 0 bridgehead atoms. The fraction of sp³-hybridized carbons (Fsp3) is 0.125. The van der Waals surface area contributed by atoms with Crippen molar-refractivity contribution in [3.63, 3.8) is 0 Å². The van der Waals surface area contributed by atoms with E-state index in [1.54, 1.807) is 23.3 Å².